The van der Waals surface area contributed by atoms with E-state index in [2.05, 4.69) is 41.8 Å². The number of aryl methyl sites for hydroxylation is 1. The Balaban J connectivity index is 1.73. The molecular weight excluding hydrogens is 190 g/mol. The average molecular weight is 205 g/mol. The summed E-state index contributed by atoms with van der Waals surface area (Å²) < 4.78 is 0. The lowest BCUT2D eigenvalue weighted by atomic mass is 10.1. The third-order valence-electron chi connectivity index (χ3n) is 2.34. The lowest BCUT2D eigenvalue weighted by Crippen LogP contribution is -1.94. The minimum atomic E-state index is 1.06. The number of rotatable bonds is 4. The molecule has 1 nitrogen and oxygen atoms in total. The molecule has 2 rings (SSSR count). The van der Waals surface area contributed by atoms with Crippen molar-refractivity contribution in [3.05, 3.63) is 47.0 Å². The minimum absolute atomic E-state index is 1.06. The largest absolute Gasteiger partial charge is 0.381 e. The van der Waals surface area contributed by atoms with Crippen molar-refractivity contribution in [1.82, 2.24) is 5.32 Å². The summed E-state index contributed by atoms with van der Waals surface area (Å²) in [7, 11) is 0. The van der Waals surface area contributed by atoms with Gasteiger partial charge in [-0.2, -0.15) is 0 Å². The lowest BCUT2D eigenvalue weighted by molar-refractivity contribution is 0.834. The number of allylic oxidation sites excluding steroid dienone is 1. The number of hydrogen-bond donors (Lipinski definition) is 1. The first-order valence-electron chi connectivity index (χ1n) is 5.04. The van der Waals surface area contributed by atoms with Gasteiger partial charge in [-0.05, 0) is 24.8 Å². The standard InChI is InChI=1S/C12H15NS/c1-2-5-11(6-3-1)7-4-8-12-9-13-10-14-12/h1-3,5-6,9,13H,4,7-8,10H2. The molecule has 2 heteroatoms. The lowest BCUT2D eigenvalue weighted by Gasteiger charge is -2.01. The predicted molar refractivity (Wildman–Crippen MR) is 63.1 cm³/mol. The molecular formula is C12H15NS. The van der Waals surface area contributed by atoms with Gasteiger partial charge < -0.3 is 5.32 Å². The van der Waals surface area contributed by atoms with Crippen LogP contribution in [0.3, 0.4) is 0 Å². The van der Waals surface area contributed by atoms with Crippen molar-refractivity contribution in [3.63, 3.8) is 0 Å². The van der Waals surface area contributed by atoms with Crippen LogP contribution >= 0.6 is 11.8 Å². The van der Waals surface area contributed by atoms with Gasteiger partial charge >= 0.3 is 0 Å². The molecule has 1 aliphatic heterocycles. The Morgan fingerprint density at radius 1 is 1.14 bits per heavy atom. The van der Waals surface area contributed by atoms with Crippen LogP contribution in [-0.2, 0) is 6.42 Å². The molecule has 0 fully saturated rings. The van der Waals surface area contributed by atoms with E-state index in [1.54, 1.807) is 0 Å². The molecule has 0 spiro atoms. The molecule has 0 radical (unpaired) electrons. The monoisotopic (exact) mass is 205 g/mol. The average Bonchev–Trinajstić information content (AvgIpc) is 2.72. The van der Waals surface area contributed by atoms with Crippen LogP contribution in [0.25, 0.3) is 0 Å². The first-order chi connectivity index (χ1) is 6.95. The predicted octanol–water partition coefficient (Wildman–Crippen LogP) is 3.14. The molecule has 0 atom stereocenters. The van der Waals surface area contributed by atoms with E-state index in [1.165, 1.54) is 29.7 Å². The topological polar surface area (TPSA) is 12.0 Å². The summed E-state index contributed by atoms with van der Waals surface area (Å²) in [5.41, 5.74) is 1.45. The fourth-order valence-electron chi connectivity index (χ4n) is 1.59. The summed E-state index contributed by atoms with van der Waals surface area (Å²) in [5, 5.41) is 3.22. The molecule has 0 saturated carbocycles. The molecule has 1 aliphatic rings. The van der Waals surface area contributed by atoms with E-state index in [1.807, 2.05) is 11.8 Å². The second-order valence-electron chi connectivity index (χ2n) is 3.44. The summed E-state index contributed by atoms with van der Waals surface area (Å²) in [6.45, 7) is 0. The highest BCUT2D eigenvalue weighted by Gasteiger charge is 2.03. The van der Waals surface area contributed by atoms with Gasteiger partial charge in [0.25, 0.3) is 0 Å². The minimum Gasteiger partial charge on any atom is -0.381 e. The van der Waals surface area contributed by atoms with Gasteiger partial charge in [0, 0.05) is 11.1 Å². The van der Waals surface area contributed by atoms with E-state index in [0.29, 0.717) is 0 Å². The molecule has 0 amide bonds. The van der Waals surface area contributed by atoms with Crippen molar-refractivity contribution in [2.24, 2.45) is 0 Å². The quantitative estimate of drug-likeness (QED) is 0.810. The highest BCUT2D eigenvalue weighted by molar-refractivity contribution is 8.03. The third kappa shape index (κ3) is 2.81. The van der Waals surface area contributed by atoms with E-state index in [0.717, 1.165) is 5.88 Å². The van der Waals surface area contributed by atoms with Crippen LogP contribution < -0.4 is 5.32 Å². The Kier molecular flexibility index (Phi) is 3.52. The first-order valence-corrected chi connectivity index (χ1v) is 6.03. The Morgan fingerprint density at radius 3 is 2.71 bits per heavy atom. The van der Waals surface area contributed by atoms with Crippen LogP contribution in [0, 0.1) is 0 Å². The van der Waals surface area contributed by atoms with Crippen molar-refractivity contribution in [1.29, 1.82) is 0 Å². The van der Waals surface area contributed by atoms with Crippen molar-refractivity contribution < 1.29 is 0 Å². The first kappa shape index (κ1) is 9.66. The Morgan fingerprint density at radius 2 is 2.00 bits per heavy atom. The van der Waals surface area contributed by atoms with Gasteiger partial charge in [0.1, 0.15) is 0 Å². The fourth-order valence-corrected chi connectivity index (χ4v) is 2.39. The van der Waals surface area contributed by atoms with Crippen LogP contribution in [-0.4, -0.2) is 5.88 Å². The SMILES string of the molecule is C1=C(CCCc2ccccc2)SCN1. The maximum Gasteiger partial charge on any atom is 0.0649 e. The van der Waals surface area contributed by atoms with Gasteiger partial charge in [-0.3, -0.25) is 0 Å². The normalized spacial score (nSPS) is 15.0. The smallest absolute Gasteiger partial charge is 0.0649 e. The summed E-state index contributed by atoms with van der Waals surface area (Å²) in [6, 6.07) is 10.7. The zero-order valence-electron chi connectivity index (χ0n) is 8.20. The second-order valence-corrected chi connectivity index (χ2v) is 4.54. The van der Waals surface area contributed by atoms with Crippen LogP contribution in [0.2, 0.25) is 0 Å². The van der Waals surface area contributed by atoms with E-state index in [-0.39, 0.29) is 0 Å². The third-order valence-corrected chi connectivity index (χ3v) is 3.34. The summed E-state index contributed by atoms with van der Waals surface area (Å²) in [6.07, 6.45) is 5.81. The van der Waals surface area contributed by atoms with Gasteiger partial charge in [0.2, 0.25) is 0 Å². The maximum absolute atomic E-state index is 3.22. The fraction of sp³-hybridized carbons (Fsp3) is 0.333. The maximum atomic E-state index is 3.22. The number of hydrogen-bond acceptors (Lipinski definition) is 2. The number of thioether (sulfide) groups is 1. The molecule has 0 aromatic heterocycles. The van der Waals surface area contributed by atoms with Crippen LogP contribution in [0.1, 0.15) is 18.4 Å². The van der Waals surface area contributed by atoms with Crippen molar-refractivity contribution in [2.75, 3.05) is 5.88 Å². The van der Waals surface area contributed by atoms with Gasteiger partial charge in [0.15, 0.2) is 0 Å². The van der Waals surface area contributed by atoms with Crippen LogP contribution in [0.15, 0.2) is 41.4 Å². The molecule has 1 aromatic rings. The highest BCUT2D eigenvalue weighted by Crippen LogP contribution is 2.24. The molecule has 1 heterocycles. The Labute approximate surface area is 89.6 Å². The molecule has 74 valence electrons. The van der Waals surface area contributed by atoms with Gasteiger partial charge in [-0.1, -0.05) is 30.3 Å². The molecule has 0 unspecified atom stereocenters. The van der Waals surface area contributed by atoms with Gasteiger partial charge in [-0.25, -0.2) is 0 Å². The molecule has 0 saturated heterocycles. The van der Waals surface area contributed by atoms with Crippen molar-refractivity contribution in [3.8, 4) is 0 Å². The van der Waals surface area contributed by atoms with Gasteiger partial charge in [0.05, 0.1) is 5.88 Å². The summed E-state index contributed by atoms with van der Waals surface area (Å²) in [4.78, 5) is 1.50. The van der Waals surface area contributed by atoms with Gasteiger partial charge in [-0.15, -0.1) is 11.8 Å². The molecule has 14 heavy (non-hydrogen) atoms. The van der Waals surface area contributed by atoms with E-state index < -0.39 is 0 Å². The number of benzene rings is 1. The van der Waals surface area contributed by atoms with Crippen LogP contribution in [0.5, 0.6) is 0 Å². The van der Waals surface area contributed by atoms with Crippen molar-refractivity contribution in [2.45, 2.75) is 19.3 Å². The Hall–Kier alpha value is -0.890. The zero-order valence-corrected chi connectivity index (χ0v) is 9.02. The van der Waals surface area contributed by atoms with Crippen LogP contribution in [0.4, 0.5) is 0 Å². The highest BCUT2D eigenvalue weighted by atomic mass is 32.2. The van der Waals surface area contributed by atoms with Crippen molar-refractivity contribution >= 4 is 11.8 Å². The van der Waals surface area contributed by atoms with E-state index in [4.69, 9.17) is 0 Å². The van der Waals surface area contributed by atoms with E-state index in [9.17, 15) is 0 Å². The molecule has 0 aliphatic carbocycles. The zero-order chi connectivity index (χ0) is 9.64. The summed E-state index contributed by atoms with van der Waals surface area (Å²) >= 11 is 1.93. The molecule has 1 aromatic carbocycles. The summed E-state index contributed by atoms with van der Waals surface area (Å²) in [5.74, 6) is 1.06. The second kappa shape index (κ2) is 5.11. The molecule has 1 N–H and O–H groups in total. The molecule has 0 bridgehead atoms. The number of nitrogens with one attached hydrogen (secondary N) is 1. The van der Waals surface area contributed by atoms with E-state index >= 15 is 0 Å². The Bertz CT molecular complexity index is 305.